The summed E-state index contributed by atoms with van der Waals surface area (Å²) in [6.45, 7) is 1.74. The van der Waals surface area contributed by atoms with Crippen molar-refractivity contribution >= 4 is 23.2 Å². The lowest BCUT2D eigenvalue weighted by Gasteiger charge is -2.13. The van der Waals surface area contributed by atoms with Gasteiger partial charge in [-0.2, -0.15) is 10.2 Å². The molecule has 0 unspecified atom stereocenters. The summed E-state index contributed by atoms with van der Waals surface area (Å²) in [6.07, 6.45) is 4.43. The van der Waals surface area contributed by atoms with Crippen LogP contribution in [0.5, 0.6) is 5.75 Å². The van der Waals surface area contributed by atoms with Gasteiger partial charge in [-0.3, -0.25) is 4.79 Å². The Kier molecular flexibility index (Phi) is 5.64. The molecule has 156 valence electrons. The Hall–Kier alpha value is -3.78. The highest BCUT2D eigenvalue weighted by atomic mass is 35.5. The zero-order chi connectivity index (χ0) is 22.0. The highest BCUT2D eigenvalue weighted by Gasteiger charge is 2.17. The van der Waals surface area contributed by atoms with Crippen molar-refractivity contribution in [3.8, 4) is 22.7 Å². The van der Waals surface area contributed by atoms with Crippen LogP contribution < -0.4 is 10.1 Å². The second kappa shape index (κ2) is 8.53. The van der Waals surface area contributed by atoms with E-state index in [1.165, 1.54) is 42.6 Å². The number of nitrogens with one attached hydrogen (secondary N) is 1. The number of para-hydroxylation sites is 1. The van der Waals surface area contributed by atoms with Crippen LogP contribution in [-0.2, 0) is 0 Å². The fraction of sp³-hybridized carbons (Fsp3) is 0.0909. The predicted molar refractivity (Wildman–Crippen MR) is 115 cm³/mol. The van der Waals surface area contributed by atoms with Crippen LogP contribution in [0.3, 0.4) is 0 Å². The molecule has 0 aliphatic rings. The van der Waals surface area contributed by atoms with E-state index in [4.69, 9.17) is 16.3 Å². The number of carbonyl (C=O) groups excluding carboxylic acids is 1. The first-order valence-corrected chi connectivity index (χ1v) is 9.63. The minimum absolute atomic E-state index is 0.199. The van der Waals surface area contributed by atoms with Gasteiger partial charge in [0.25, 0.3) is 5.91 Å². The van der Waals surface area contributed by atoms with E-state index in [1.807, 2.05) is 6.07 Å². The third-order valence-electron chi connectivity index (χ3n) is 4.64. The van der Waals surface area contributed by atoms with Gasteiger partial charge >= 0.3 is 0 Å². The SMILES string of the molecule is COc1ccccc1-c1cc(C)c(C(=O)Nc2cnc(-n3nccn3)c(Cl)c2)cc1F. The van der Waals surface area contributed by atoms with Gasteiger partial charge < -0.3 is 10.1 Å². The van der Waals surface area contributed by atoms with Crippen molar-refractivity contribution in [2.75, 3.05) is 12.4 Å². The van der Waals surface area contributed by atoms with E-state index in [0.717, 1.165) is 0 Å². The van der Waals surface area contributed by atoms with Crippen molar-refractivity contribution in [1.29, 1.82) is 0 Å². The van der Waals surface area contributed by atoms with Gasteiger partial charge in [-0.1, -0.05) is 29.8 Å². The molecule has 1 amide bonds. The molecular weight excluding hydrogens is 421 g/mol. The lowest BCUT2D eigenvalue weighted by Crippen LogP contribution is -2.15. The number of aromatic nitrogens is 4. The van der Waals surface area contributed by atoms with Gasteiger partial charge in [0.1, 0.15) is 11.6 Å². The molecule has 0 atom stereocenters. The van der Waals surface area contributed by atoms with Crippen LogP contribution in [0, 0.1) is 12.7 Å². The Balaban J connectivity index is 1.61. The number of hydrogen-bond acceptors (Lipinski definition) is 5. The van der Waals surface area contributed by atoms with E-state index >= 15 is 0 Å². The number of methoxy groups -OCH3 is 1. The van der Waals surface area contributed by atoms with Crippen LogP contribution in [0.15, 0.2) is 61.1 Å². The van der Waals surface area contributed by atoms with E-state index < -0.39 is 11.7 Å². The predicted octanol–water partition coefficient (Wildman–Crippen LogP) is 4.69. The number of nitrogens with zero attached hydrogens (tertiary/aromatic N) is 4. The first-order chi connectivity index (χ1) is 15.0. The zero-order valence-corrected chi connectivity index (χ0v) is 17.4. The number of pyridine rings is 1. The second-order valence-corrected chi connectivity index (χ2v) is 7.06. The molecule has 0 spiro atoms. The number of rotatable bonds is 5. The Morgan fingerprint density at radius 2 is 1.87 bits per heavy atom. The number of hydrogen-bond donors (Lipinski definition) is 1. The summed E-state index contributed by atoms with van der Waals surface area (Å²) in [5.74, 6) is -0.138. The number of benzene rings is 2. The minimum Gasteiger partial charge on any atom is -0.496 e. The Labute approximate surface area is 182 Å². The second-order valence-electron chi connectivity index (χ2n) is 6.65. The first kappa shape index (κ1) is 20.5. The van der Waals surface area contributed by atoms with Crippen molar-refractivity contribution in [2.45, 2.75) is 6.92 Å². The zero-order valence-electron chi connectivity index (χ0n) is 16.6. The lowest BCUT2D eigenvalue weighted by molar-refractivity contribution is 0.102. The van der Waals surface area contributed by atoms with Crippen molar-refractivity contribution < 1.29 is 13.9 Å². The number of halogens is 2. The van der Waals surface area contributed by atoms with Gasteiger partial charge in [0.2, 0.25) is 0 Å². The lowest BCUT2D eigenvalue weighted by atomic mass is 9.98. The summed E-state index contributed by atoms with van der Waals surface area (Å²) < 4.78 is 20.2. The molecule has 0 fully saturated rings. The molecule has 0 bridgehead atoms. The maximum Gasteiger partial charge on any atom is 0.256 e. The Morgan fingerprint density at radius 3 is 2.58 bits per heavy atom. The van der Waals surface area contributed by atoms with Crippen LogP contribution in [-0.4, -0.2) is 33.0 Å². The van der Waals surface area contributed by atoms with Crippen molar-refractivity contribution in [1.82, 2.24) is 20.0 Å². The molecule has 0 saturated heterocycles. The highest BCUT2D eigenvalue weighted by Crippen LogP contribution is 2.33. The molecular formula is C22H17ClFN5O2. The molecule has 4 aromatic rings. The van der Waals surface area contributed by atoms with E-state index in [2.05, 4.69) is 20.5 Å². The molecule has 9 heteroatoms. The summed E-state index contributed by atoms with van der Waals surface area (Å²) in [4.78, 5) is 18.2. The van der Waals surface area contributed by atoms with E-state index in [1.54, 1.807) is 31.2 Å². The fourth-order valence-electron chi connectivity index (χ4n) is 3.17. The monoisotopic (exact) mass is 437 g/mol. The number of amides is 1. The Morgan fingerprint density at radius 1 is 1.13 bits per heavy atom. The topological polar surface area (TPSA) is 81.9 Å². The van der Waals surface area contributed by atoms with Crippen LogP contribution in [0.2, 0.25) is 5.02 Å². The molecule has 0 saturated carbocycles. The average Bonchev–Trinajstić information content (AvgIpc) is 3.29. The molecule has 4 rings (SSSR count). The van der Waals surface area contributed by atoms with Crippen LogP contribution >= 0.6 is 11.6 Å². The van der Waals surface area contributed by atoms with E-state index in [9.17, 15) is 9.18 Å². The number of ether oxygens (including phenoxy) is 1. The molecule has 0 aliphatic heterocycles. The maximum atomic E-state index is 14.9. The summed E-state index contributed by atoms with van der Waals surface area (Å²) in [6, 6.07) is 11.5. The maximum absolute atomic E-state index is 14.9. The molecule has 7 nitrogen and oxygen atoms in total. The van der Waals surface area contributed by atoms with E-state index in [0.29, 0.717) is 33.9 Å². The molecule has 2 aromatic carbocycles. The van der Waals surface area contributed by atoms with Gasteiger partial charge in [-0.25, -0.2) is 9.37 Å². The van der Waals surface area contributed by atoms with Crippen LogP contribution in [0.1, 0.15) is 15.9 Å². The molecule has 0 radical (unpaired) electrons. The Bertz CT molecular complexity index is 1260. The molecule has 0 aliphatic carbocycles. The number of aryl methyl sites for hydroxylation is 1. The normalized spacial score (nSPS) is 10.7. The number of anilines is 1. The van der Waals surface area contributed by atoms with Gasteiger partial charge in [0.15, 0.2) is 5.82 Å². The summed E-state index contributed by atoms with van der Waals surface area (Å²) in [5.41, 5.74) is 2.13. The van der Waals surface area contributed by atoms with Crippen molar-refractivity contribution in [3.63, 3.8) is 0 Å². The van der Waals surface area contributed by atoms with Gasteiger partial charge in [0.05, 0.1) is 36.4 Å². The van der Waals surface area contributed by atoms with E-state index in [-0.39, 0.29) is 10.6 Å². The largest absolute Gasteiger partial charge is 0.496 e. The summed E-state index contributed by atoms with van der Waals surface area (Å²) in [7, 11) is 1.53. The number of carbonyl (C=O) groups is 1. The minimum atomic E-state index is -0.531. The third kappa shape index (κ3) is 4.10. The van der Waals surface area contributed by atoms with Crippen molar-refractivity contribution in [2.24, 2.45) is 0 Å². The van der Waals surface area contributed by atoms with Gasteiger partial charge in [0, 0.05) is 16.7 Å². The van der Waals surface area contributed by atoms with Gasteiger partial charge in [-0.05, 0) is 36.8 Å². The summed E-state index contributed by atoms with van der Waals surface area (Å²) >= 11 is 6.24. The first-order valence-electron chi connectivity index (χ1n) is 9.25. The van der Waals surface area contributed by atoms with Crippen molar-refractivity contribution in [3.05, 3.63) is 83.0 Å². The fourth-order valence-corrected chi connectivity index (χ4v) is 3.41. The molecule has 31 heavy (non-hydrogen) atoms. The van der Waals surface area contributed by atoms with Crippen LogP contribution in [0.4, 0.5) is 10.1 Å². The molecule has 1 N–H and O–H groups in total. The third-order valence-corrected chi connectivity index (χ3v) is 4.92. The smallest absolute Gasteiger partial charge is 0.256 e. The average molecular weight is 438 g/mol. The highest BCUT2D eigenvalue weighted by molar-refractivity contribution is 6.32. The molecule has 2 aromatic heterocycles. The van der Waals surface area contributed by atoms with Crippen LogP contribution in [0.25, 0.3) is 16.9 Å². The molecule has 2 heterocycles. The summed E-state index contributed by atoms with van der Waals surface area (Å²) in [5, 5.41) is 10.9. The van der Waals surface area contributed by atoms with Gasteiger partial charge in [-0.15, -0.1) is 4.80 Å². The standard InChI is InChI=1S/C22H17ClFN5O2/c1-13-9-17(15-5-3-4-6-20(15)31-2)19(24)11-16(13)22(30)28-14-10-18(23)21(25-12-14)29-26-7-8-27-29/h3-12H,1-2H3,(H,28,30). The quantitative estimate of drug-likeness (QED) is 0.489.